The van der Waals surface area contributed by atoms with E-state index in [9.17, 15) is 0 Å². The molecule has 0 atom stereocenters. The third kappa shape index (κ3) is 28.1. The van der Waals surface area contributed by atoms with Crippen LogP contribution in [0.4, 0.5) is 0 Å². The molecule has 0 radical (unpaired) electrons. The van der Waals surface area contributed by atoms with Crippen LogP contribution >= 0.6 is 37.2 Å². The van der Waals surface area contributed by atoms with Crippen molar-refractivity contribution in [3.05, 3.63) is 0 Å². The molecule has 0 spiro atoms. The molecule has 9 heavy (non-hydrogen) atoms. The number of halogens is 3. The van der Waals surface area contributed by atoms with Gasteiger partial charge < -0.3 is 4.90 Å². The summed E-state index contributed by atoms with van der Waals surface area (Å²) in [7, 11) is 4.17. The molecule has 62 valence electrons. The second kappa shape index (κ2) is 15.9. The van der Waals surface area contributed by atoms with Crippen molar-refractivity contribution >= 4 is 37.2 Å². The molecule has 0 N–H and O–H groups in total. The smallest absolute Gasteiger partial charge is 0.00275 e. The highest BCUT2D eigenvalue weighted by Gasteiger charge is 1.79. The van der Waals surface area contributed by atoms with E-state index in [4.69, 9.17) is 0 Å². The summed E-state index contributed by atoms with van der Waals surface area (Å²) < 4.78 is 0. The van der Waals surface area contributed by atoms with Gasteiger partial charge >= 0.3 is 0 Å². The molecule has 4 heteroatoms. The van der Waals surface area contributed by atoms with E-state index in [-0.39, 0.29) is 37.2 Å². The van der Waals surface area contributed by atoms with Gasteiger partial charge in [0.15, 0.2) is 0 Å². The lowest BCUT2D eigenvalue weighted by atomic mass is 10.5. The van der Waals surface area contributed by atoms with Crippen LogP contribution in [0, 0.1) is 0 Å². The Morgan fingerprint density at radius 1 is 1.00 bits per heavy atom. The van der Waals surface area contributed by atoms with Gasteiger partial charge in [0, 0.05) is 0 Å². The van der Waals surface area contributed by atoms with Crippen molar-refractivity contribution in [3.63, 3.8) is 0 Å². The molecule has 0 aromatic carbocycles. The Labute approximate surface area is 76.4 Å². The van der Waals surface area contributed by atoms with E-state index >= 15 is 0 Å². The fraction of sp³-hybridized carbons (Fsp3) is 1.00. The van der Waals surface area contributed by atoms with Crippen molar-refractivity contribution in [1.82, 2.24) is 4.90 Å². The normalized spacial score (nSPS) is 6.67. The first kappa shape index (κ1) is 22.5. The maximum absolute atomic E-state index is 2.18. The fourth-order valence-corrected chi connectivity index (χ4v) is 0.447. The molecule has 0 aliphatic carbocycles. The predicted molar refractivity (Wildman–Crippen MR) is 50.6 cm³/mol. The van der Waals surface area contributed by atoms with Crippen LogP contribution < -0.4 is 0 Å². The van der Waals surface area contributed by atoms with Gasteiger partial charge in [-0.25, -0.2) is 0 Å². The van der Waals surface area contributed by atoms with Gasteiger partial charge in [-0.05, 0) is 27.1 Å². The maximum atomic E-state index is 2.18. The van der Waals surface area contributed by atoms with Crippen LogP contribution in [0.25, 0.3) is 0 Å². The molecule has 0 saturated heterocycles. The molecule has 1 nitrogen and oxygen atoms in total. The predicted octanol–water partition coefficient (Wildman–Crippen LogP) is 2.22. The zero-order valence-corrected chi connectivity index (χ0v) is 8.54. The molecule has 0 heterocycles. The van der Waals surface area contributed by atoms with Crippen molar-refractivity contribution in [2.24, 2.45) is 0 Å². The van der Waals surface area contributed by atoms with E-state index in [0.717, 1.165) is 0 Å². The van der Waals surface area contributed by atoms with E-state index in [2.05, 4.69) is 25.9 Å². The van der Waals surface area contributed by atoms with Gasteiger partial charge in [-0.15, -0.1) is 37.2 Å². The lowest BCUT2D eigenvalue weighted by Crippen LogP contribution is -2.11. The van der Waals surface area contributed by atoms with Crippen molar-refractivity contribution in [3.8, 4) is 0 Å². The van der Waals surface area contributed by atoms with Gasteiger partial charge in [0.2, 0.25) is 0 Å². The molecule has 0 rings (SSSR count). The number of hydrogen-bond acceptors (Lipinski definition) is 1. The van der Waals surface area contributed by atoms with Crippen molar-refractivity contribution in [2.45, 2.75) is 13.3 Å². The minimum atomic E-state index is 0. The Balaban J connectivity index is -0.0000000417. The highest BCUT2D eigenvalue weighted by Crippen LogP contribution is 1.76. The Kier molecular flexibility index (Phi) is 39.9. The number of hydrogen-bond donors (Lipinski definition) is 0. The molecule has 0 fully saturated rings. The third-order valence-electron chi connectivity index (χ3n) is 0.671. The molecule has 0 aliphatic heterocycles. The summed E-state index contributed by atoms with van der Waals surface area (Å²) in [6.45, 7) is 3.39. The zero-order valence-electron chi connectivity index (χ0n) is 6.09. The van der Waals surface area contributed by atoms with Crippen LogP contribution in [0.2, 0.25) is 0 Å². The van der Waals surface area contributed by atoms with Crippen LogP contribution in [0.3, 0.4) is 0 Å². The van der Waals surface area contributed by atoms with Gasteiger partial charge in [-0.1, -0.05) is 6.92 Å². The summed E-state index contributed by atoms with van der Waals surface area (Å²) in [5.74, 6) is 0. The fourth-order valence-electron chi connectivity index (χ4n) is 0.447. The van der Waals surface area contributed by atoms with Gasteiger partial charge in [0.1, 0.15) is 0 Å². The first-order valence-electron chi connectivity index (χ1n) is 2.42. The van der Waals surface area contributed by atoms with Gasteiger partial charge in [-0.3, -0.25) is 0 Å². The molecule has 0 amide bonds. The molecular weight excluding hydrogens is 180 g/mol. The summed E-state index contributed by atoms with van der Waals surface area (Å²) in [4.78, 5) is 2.18. The quantitative estimate of drug-likeness (QED) is 0.655. The Bertz CT molecular complexity index is 33.4. The average molecular weight is 197 g/mol. The number of nitrogens with zero attached hydrogens (tertiary/aromatic N) is 1. The first-order valence-corrected chi connectivity index (χ1v) is 2.42. The van der Waals surface area contributed by atoms with Crippen molar-refractivity contribution in [2.75, 3.05) is 20.6 Å². The Morgan fingerprint density at radius 2 is 1.33 bits per heavy atom. The molecule has 0 aliphatic rings. The minimum absolute atomic E-state index is 0. The summed E-state index contributed by atoms with van der Waals surface area (Å²) in [6.07, 6.45) is 1.26. The topological polar surface area (TPSA) is 3.24 Å². The third-order valence-corrected chi connectivity index (χ3v) is 0.671. The molecular formula is C5H16Cl3N. The largest absolute Gasteiger partial charge is 0.309 e. The lowest BCUT2D eigenvalue weighted by molar-refractivity contribution is 0.408. The van der Waals surface area contributed by atoms with Gasteiger partial charge in [0.25, 0.3) is 0 Å². The van der Waals surface area contributed by atoms with Crippen LogP contribution in [-0.4, -0.2) is 25.5 Å². The summed E-state index contributed by atoms with van der Waals surface area (Å²) in [6, 6.07) is 0. The van der Waals surface area contributed by atoms with Crippen molar-refractivity contribution in [1.29, 1.82) is 0 Å². The highest BCUT2D eigenvalue weighted by molar-refractivity contribution is 5.86. The minimum Gasteiger partial charge on any atom is -0.309 e. The molecule has 0 bridgehead atoms. The van der Waals surface area contributed by atoms with Gasteiger partial charge in [0.05, 0.1) is 0 Å². The lowest BCUT2D eigenvalue weighted by Gasteiger charge is -2.03. The van der Waals surface area contributed by atoms with E-state index in [1.165, 1.54) is 13.0 Å². The van der Waals surface area contributed by atoms with Crippen LogP contribution in [0.1, 0.15) is 13.3 Å². The zero-order chi connectivity index (χ0) is 4.99. The van der Waals surface area contributed by atoms with E-state index in [0.29, 0.717) is 0 Å². The second-order valence-electron chi connectivity index (χ2n) is 1.80. The van der Waals surface area contributed by atoms with E-state index < -0.39 is 0 Å². The van der Waals surface area contributed by atoms with Crippen LogP contribution in [0.5, 0.6) is 0 Å². The molecule has 0 saturated carbocycles. The van der Waals surface area contributed by atoms with Crippen molar-refractivity contribution < 1.29 is 0 Å². The van der Waals surface area contributed by atoms with Crippen LogP contribution in [0.15, 0.2) is 0 Å². The molecule has 0 unspecified atom stereocenters. The Hall–Kier alpha value is 0.830. The van der Waals surface area contributed by atoms with E-state index in [1.54, 1.807) is 0 Å². The molecule has 0 aromatic heterocycles. The Morgan fingerprint density at radius 3 is 1.33 bits per heavy atom. The molecule has 0 aromatic rings. The average Bonchev–Trinajstić information content (AvgIpc) is 1.35. The number of rotatable bonds is 2. The summed E-state index contributed by atoms with van der Waals surface area (Å²) in [5.41, 5.74) is 0. The van der Waals surface area contributed by atoms with E-state index in [1.807, 2.05) is 0 Å². The van der Waals surface area contributed by atoms with Crippen LogP contribution in [-0.2, 0) is 0 Å². The maximum Gasteiger partial charge on any atom is -0.00275 e. The monoisotopic (exact) mass is 195 g/mol. The highest BCUT2D eigenvalue weighted by atomic mass is 35.5. The first-order chi connectivity index (χ1) is 2.77. The second-order valence-corrected chi connectivity index (χ2v) is 1.80. The summed E-state index contributed by atoms with van der Waals surface area (Å²) in [5, 5.41) is 0. The SMILES string of the molecule is CCCN(C)C.Cl.Cl.Cl. The van der Waals surface area contributed by atoms with Gasteiger partial charge in [-0.2, -0.15) is 0 Å². The standard InChI is InChI=1S/C5H13N.3ClH/c1-4-5-6(2)3;;;/h4-5H2,1-3H3;3*1H. The summed E-state index contributed by atoms with van der Waals surface area (Å²) >= 11 is 0.